The molecule has 7 heteroatoms. The van der Waals surface area contributed by atoms with Gasteiger partial charge >= 0.3 is 7.12 Å². The zero-order valence-electron chi connectivity index (χ0n) is 14.6. The fourth-order valence-corrected chi connectivity index (χ4v) is 2.51. The highest BCUT2D eigenvalue weighted by atomic mass is 19.1. The van der Waals surface area contributed by atoms with E-state index in [0.29, 0.717) is 5.82 Å². The number of rotatable bonds is 3. The quantitative estimate of drug-likeness (QED) is 0.813. The van der Waals surface area contributed by atoms with E-state index < -0.39 is 12.9 Å². The van der Waals surface area contributed by atoms with Gasteiger partial charge in [-0.3, -0.25) is 0 Å². The maximum Gasteiger partial charge on any atom is 0.494 e. The van der Waals surface area contributed by atoms with Gasteiger partial charge in [0, 0.05) is 12.6 Å². The Morgan fingerprint density at radius 1 is 1.12 bits per heavy atom. The molecule has 3 rings (SSSR count). The maximum absolute atomic E-state index is 13.3. The number of nitrogens with zero attached hydrogens (tertiary/aromatic N) is 3. The normalized spacial score (nSPS) is 18.8. The zero-order chi connectivity index (χ0) is 17.7. The first-order valence-corrected chi connectivity index (χ1v) is 7.82. The van der Waals surface area contributed by atoms with Crippen molar-refractivity contribution in [2.24, 2.45) is 7.05 Å². The number of benzene rings is 1. The van der Waals surface area contributed by atoms with Gasteiger partial charge in [-0.05, 0) is 33.2 Å². The van der Waals surface area contributed by atoms with Gasteiger partial charge in [0.2, 0.25) is 0 Å². The lowest BCUT2D eigenvalue weighted by molar-refractivity contribution is 0.00578. The molecule has 5 nitrogen and oxygen atoms in total. The van der Waals surface area contributed by atoms with E-state index in [1.807, 2.05) is 52.0 Å². The highest BCUT2D eigenvalue weighted by Gasteiger charge is 2.51. The first-order chi connectivity index (χ1) is 11.1. The molecule has 0 radical (unpaired) electrons. The van der Waals surface area contributed by atoms with Gasteiger partial charge in [0.1, 0.15) is 0 Å². The Morgan fingerprint density at radius 2 is 1.67 bits per heavy atom. The van der Waals surface area contributed by atoms with Crippen molar-refractivity contribution < 1.29 is 13.7 Å². The van der Waals surface area contributed by atoms with Crippen LogP contribution in [0.5, 0.6) is 0 Å². The Kier molecular flexibility index (Phi) is 3.88. The largest absolute Gasteiger partial charge is 0.494 e. The van der Waals surface area contributed by atoms with Gasteiger partial charge in [-0.1, -0.05) is 30.8 Å². The van der Waals surface area contributed by atoms with Crippen LogP contribution in [0.3, 0.4) is 0 Å². The van der Waals surface area contributed by atoms with E-state index in [1.54, 1.807) is 7.05 Å². The summed E-state index contributed by atoms with van der Waals surface area (Å²) < 4.78 is 26.7. The molecule has 1 aliphatic heterocycles. The van der Waals surface area contributed by atoms with Gasteiger partial charge in [0.15, 0.2) is 17.5 Å². The molecule has 0 bridgehead atoms. The highest BCUT2D eigenvalue weighted by molar-refractivity contribution is 6.62. The van der Waals surface area contributed by atoms with Crippen LogP contribution in [-0.4, -0.2) is 33.1 Å². The molecule has 0 amide bonds. The third kappa shape index (κ3) is 2.78. The molecule has 0 saturated carbocycles. The van der Waals surface area contributed by atoms with Crippen molar-refractivity contribution in [1.29, 1.82) is 0 Å². The average molecular weight is 329 g/mol. The molecule has 126 valence electrons. The van der Waals surface area contributed by atoms with E-state index in [-0.39, 0.29) is 17.0 Å². The minimum Gasteiger partial charge on any atom is -0.399 e. The van der Waals surface area contributed by atoms with E-state index in [9.17, 15) is 4.39 Å². The Balaban J connectivity index is 1.84. The summed E-state index contributed by atoms with van der Waals surface area (Å²) in [5.74, 6) is -0.0307. The predicted octanol–water partition coefficient (Wildman–Crippen LogP) is 2.72. The summed E-state index contributed by atoms with van der Waals surface area (Å²) in [7, 11) is 1.22. The lowest BCUT2D eigenvalue weighted by Crippen LogP contribution is -2.41. The van der Waals surface area contributed by atoms with Crippen LogP contribution < -0.4 is 5.46 Å². The molecule has 1 saturated heterocycles. The molecule has 0 aliphatic carbocycles. The van der Waals surface area contributed by atoms with Crippen LogP contribution in [0.25, 0.3) is 17.2 Å². The van der Waals surface area contributed by atoms with Crippen molar-refractivity contribution in [3.63, 3.8) is 0 Å². The Bertz CT molecular complexity index is 768. The van der Waals surface area contributed by atoms with Gasteiger partial charge in [-0.2, -0.15) is 5.10 Å². The van der Waals surface area contributed by atoms with E-state index in [1.165, 1.54) is 4.68 Å². The van der Waals surface area contributed by atoms with Crippen molar-refractivity contribution >= 4 is 18.4 Å². The molecule has 1 aromatic heterocycles. The second-order valence-electron chi connectivity index (χ2n) is 7.00. The molecule has 0 N–H and O–H groups in total. The SMILES string of the molecule is C=C(F)c1nc(-c2ccc(B3OC(C)(C)C(C)(C)O3)cc2)nn1C. The monoisotopic (exact) mass is 329 g/mol. The van der Waals surface area contributed by atoms with E-state index in [4.69, 9.17) is 9.31 Å². The fourth-order valence-electron chi connectivity index (χ4n) is 2.51. The molecule has 0 spiro atoms. The molecule has 2 heterocycles. The number of halogens is 1. The summed E-state index contributed by atoms with van der Waals surface area (Å²) >= 11 is 0. The molecule has 0 unspecified atom stereocenters. The highest BCUT2D eigenvalue weighted by Crippen LogP contribution is 2.36. The number of hydrogen-bond acceptors (Lipinski definition) is 4. The van der Waals surface area contributed by atoms with Gasteiger partial charge in [0.25, 0.3) is 0 Å². The minimum absolute atomic E-state index is 0.125. The van der Waals surface area contributed by atoms with Crippen LogP contribution >= 0.6 is 0 Å². The number of aryl methyl sites for hydroxylation is 1. The number of hydrogen-bond donors (Lipinski definition) is 0. The van der Waals surface area contributed by atoms with Crippen LogP contribution in [-0.2, 0) is 16.4 Å². The summed E-state index contributed by atoms with van der Waals surface area (Å²) in [6.45, 7) is 11.3. The minimum atomic E-state index is -0.606. The Morgan fingerprint density at radius 3 is 2.12 bits per heavy atom. The molecular weight excluding hydrogens is 308 g/mol. The Labute approximate surface area is 141 Å². The van der Waals surface area contributed by atoms with Gasteiger partial charge in [0.05, 0.1) is 11.2 Å². The summed E-state index contributed by atoms with van der Waals surface area (Å²) in [5.41, 5.74) is 0.951. The van der Waals surface area contributed by atoms with Crippen molar-refractivity contribution in [3.8, 4) is 11.4 Å². The van der Waals surface area contributed by atoms with E-state index >= 15 is 0 Å². The van der Waals surface area contributed by atoms with E-state index in [0.717, 1.165) is 11.0 Å². The molecule has 2 aromatic rings. The number of aromatic nitrogens is 3. The van der Waals surface area contributed by atoms with Crippen LogP contribution in [0.4, 0.5) is 4.39 Å². The van der Waals surface area contributed by atoms with Crippen LogP contribution in [0, 0.1) is 0 Å². The van der Waals surface area contributed by atoms with Gasteiger partial charge in [-0.15, -0.1) is 0 Å². The van der Waals surface area contributed by atoms with Crippen molar-refractivity contribution in [1.82, 2.24) is 14.8 Å². The van der Waals surface area contributed by atoms with Crippen molar-refractivity contribution in [2.75, 3.05) is 0 Å². The van der Waals surface area contributed by atoms with Crippen LogP contribution in [0.15, 0.2) is 30.8 Å². The smallest absolute Gasteiger partial charge is 0.399 e. The third-order valence-corrected chi connectivity index (χ3v) is 4.70. The molecule has 1 fully saturated rings. The molecule has 24 heavy (non-hydrogen) atoms. The first-order valence-electron chi connectivity index (χ1n) is 7.82. The summed E-state index contributed by atoms with van der Waals surface area (Å²) in [6, 6.07) is 7.58. The summed E-state index contributed by atoms with van der Waals surface area (Å²) in [6.07, 6.45) is 0. The fraction of sp³-hybridized carbons (Fsp3) is 0.412. The molecular formula is C17H21BFN3O2. The standard InChI is InChI=1S/C17H21BFN3O2/c1-11(19)15-20-14(21-22(15)6)12-7-9-13(10-8-12)18-23-16(2,3)17(4,5)24-18/h7-10H,1H2,2-6H3. The van der Waals surface area contributed by atoms with Gasteiger partial charge in [-0.25, -0.2) is 14.1 Å². The zero-order valence-corrected chi connectivity index (χ0v) is 14.6. The second-order valence-corrected chi connectivity index (χ2v) is 7.00. The average Bonchev–Trinajstić information content (AvgIpc) is 2.97. The third-order valence-electron chi connectivity index (χ3n) is 4.70. The lowest BCUT2D eigenvalue weighted by atomic mass is 9.79. The Hall–Kier alpha value is -1.99. The van der Waals surface area contributed by atoms with Crippen LogP contribution in [0.1, 0.15) is 33.5 Å². The molecule has 1 aromatic carbocycles. The second kappa shape index (κ2) is 5.53. The van der Waals surface area contributed by atoms with Gasteiger partial charge < -0.3 is 9.31 Å². The first kappa shape index (κ1) is 16.9. The van der Waals surface area contributed by atoms with Crippen LogP contribution in [0.2, 0.25) is 0 Å². The summed E-state index contributed by atoms with van der Waals surface area (Å²) in [4.78, 5) is 4.17. The lowest BCUT2D eigenvalue weighted by Gasteiger charge is -2.32. The molecule has 0 atom stereocenters. The van der Waals surface area contributed by atoms with Crippen molar-refractivity contribution in [2.45, 2.75) is 38.9 Å². The van der Waals surface area contributed by atoms with Crippen molar-refractivity contribution in [3.05, 3.63) is 36.7 Å². The molecule has 1 aliphatic rings. The summed E-state index contributed by atoms with van der Waals surface area (Å²) in [5, 5.41) is 4.22. The predicted molar refractivity (Wildman–Crippen MR) is 92.3 cm³/mol. The maximum atomic E-state index is 13.3. The topological polar surface area (TPSA) is 49.2 Å². The van der Waals surface area contributed by atoms with E-state index in [2.05, 4.69) is 16.7 Å².